The fraction of sp³-hybridized carbons (Fsp3) is 0.438. The maximum Gasteiger partial charge on any atom is 0.237 e. The molecule has 1 N–H and O–H groups in total. The molecule has 1 amide bonds. The smallest absolute Gasteiger partial charge is 0.237 e. The quantitative estimate of drug-likeness (QED) is 0.750. The Morgan fingerprint density at radius 1 is 1.39 bits per heavy atom. The number of nitrogens with zero attached hydrogens (tertiary/aromatic N) is 3. The summed E-state index contributed by atoms with van der Waals surface area (Å²) < 4.78 is 3.12. The van der Waals surface area contributed by atoms with Crippen LogP contribution in [-0.2, 0) is 11.3 Å². The van der Waals surface area contributed by atoms with E-state index in [1.54, 1.807) is 0 Å². The molecule has 0 bridgehead atoms. The number of hydrogen-bond acceptors (Lipinski definition) is 4. The molecule has 1 atom stereocenters. The third-order valence-electron chi connectivity index (χ3n) is 3.77. The summed E-state index contributed by atoms with van der Waals surface area (Å²) in [5, 5.41) is 12.1. The minimum Gasteiger partial charge on any atom is -0.325 e. The first kappa shape index (κ1) is 16.5. The van der Waals surface area contributed by atoms with Crippen molar-refractivity contribution in [3.8, 4) is 0 Å². The molecule has 1 aliphatic rings. The van der Waals surface area contributed by atoms with Crippen LogP contribution in [0.2, 0.25) is 0 Å². The molecule has 0 spiro atoms. The van der Waals surface area contributed by atoms with Gasteiger partial charge in [-0.05, 0) is 51.0 Å². The lowest BCUT2D eigenvalue weighted by atomic mass is 10.3. The molecular weight excluding hydrogens is 376 g/mol. The number of benzene rings is 1. The molecule has 122 valence electrons. The van der Waals surface area contributed by atoms with Gasteiger partial charge in [-0.2, -0.15) is 0 Å². The number of nitrogens with one attached hydrogen (secondary N) is 1. The first-order chi connectivity index (χ1) is 11.1. The number of thioether (sulfide) groups is 1. The van der Waals surface area contributed by atoms with E-state index >= 15 is 0 Å². The van der Waals surface area contributed by atoms with Crippen LogP contribution in [-0.4, -0.2) is 25.9 Å². The first-order valence-electron chi connectivity index (χ1n) is 7.74. The number of amides is 1. The topological polar surface area (TPSA) is 59.8 Å². The lowest BCUT2D eigenvalue weighted by molar-refractivity contribution is -0.115. The Morgan fingerprint density at radius 3 is 2.70 bits per heavy atom. The molecule has 0 radical (unpaired) electrons. The summed E-state index contributed by atoms with van der Waals surface area (Å²) in [6, 6.07) is 7.56. The highest BCUT2D eigenvalue weighted by molar-refractivity contribution is 9.10. The fourth-order valence-electron chi connectivity index (χ4n) is 2.32. The van der Waals surface area contributed by atoms with E-state index in [0.29, 0.717) is 5.92 Å². The average Bonchev–Trinajstić information content (AvgIpc) is 3.31. The SMILES string of the molecule is CCn1c(SC(C)C(=O)Nc2ccc(Br)cc2)nnc1C1CC1. The van der Waals surface area contributed by atoms with Crippen LogP contribution in [0.15, 0.2) is 33.9 Å². The van der Waals surface area contributed by atoms with Crippen molar-refractivity contribution in [1.29, 1.82) is 0 Å². The van der Waals surface area contributed by atoms with Crippen LogP contribution < -0.4 is 5.32 Å². The third-order valence-corrected chi connectivity index (χ3v) is 5.38. The second-order valence-electron chi connectivity index (χ2n) is 5.62. The zero-order chi connectivity index (χ0) is 16.4. The molecule has 1 saturated carbocycles. The Morgan fingerprint density at radius 2 is 2.09 bits per heavy atom. The van der Waals surface area contributed by atoms with Gasteiger partial charge in [-0.25, -0.2) is 0 Å². The number of aromatic nitrogens is 3. The van der Waals surface area contributed by atoms with Gasteiger partial charge >= 0.3 is 0 Å². The molecule has 5 nitrogen and oxygen atoms in total. The predicted molar refractivity (Wildman–Crippen MR) is 95.8 cm³/mol. The van der Waals surface area contributed by atoms with Gasteiger partial charge in [0.15, 0.2) is 5.16 Å². The number of hydrogen-bond donors (Lipinski definition) is 1. The van der Waals surface area contributed by atoms with Gasteiger partial charge in [0.2, 0.25) is 5.91 Å². The van der Waals surface area contributed by atoms with Crippen molar-refractivity contribution in [2.75, 3.05) is 5.32 Å². The van der Waals surface area contributed by atoms with Gasteiger partial charge in [0.25, 0.3) is 0 Å². The largest absolute Gasteiger partial charge is 0.325 e. The molecule has 0 saturated heterocycles. The minimum atomic E-state index is -0.236. The summed E-state index contributed by atoms with van der Waals surface area (Å²) in [7, 11) is 0. The van der Waals surface area contributed by atoms with Gasteiger partial charge in [-0.15, -0.1) is 10.2 Å². The lowest BCUT2D eigenvalue weighted by Crippen LogP contribution is -2.23. The first-order valence-corrected chi connectivity index (χ1v) is 9.42. The normalized spacial score (nSPS) is 15.4. The molecule has 1 aromatic carbocycles. The van der Waals surface area contributed by atoms with Crippen molar-refractivity contribution in [3.05, 3.63) is 34.6 Å². The van der Waals surface area contributed by atoms with E-state index in [-0.39, 0.29) is 11.2 Å². The summed E-state index contributed by atoms with van der Waals surface area (Å²) in [5.41, 5.74) is 0.793. The van der Waals surface area contributed by atoms with Gasteiger partial charge in [0, 0.05) is 22.6 Å². The summed E-state index contributed by atoms with van der Waals surface area (Å²) in [5.74, 6) is 1.59. The monoisotopic (exact) mass is 394 g/mol. The van der Waals surface area contributed by atoms with Crippen LogP contribution in [0.4, 0.5) is 5.69 Å². The number of carbonyl (C=O) groups is 1. The molecule has 1 aromatic heterocycles. The maximum atomic E-state index is 12.4. The summed E-state index contributed by atoms with van der Waals surface area (Å²) in [4.78, 5) is 12.4. The van der Waals surface area contributed by atoms with Gasteiger partial charge in [-0.1, -0.05) is 27.7 Å². The molecule has 0 aliphatic heterocycles. The van der Waals surface area contributed by atoms with Crippen molar-refractivity contribution in [2.24, 2.45) is 0 Å². The van der Waals surface area contributed by atoms with E-state index in [1.165, 1.54) is 24.6 Å². The van der Waals surface area contributed by atoms with Crippen LogP contribution in [0.1, 0.15) is 38.4 Å². The molecule has 1 aliphatic carbocycles. The summed E-state index contributed by atoms with van der Waals surface area (Å²) in [6.45, 7) is 4.82. The average molecular weight is 395 g/mol. The van der Waals surface area contributed by atoms with E-state index in [2.05, 4.69) is 42.9 Å². The van der Waals surface area contributed by atoms with Crippen LogP contribution in [0, 0.1) is 0 Å². The summed E-state index contributed by atoms with van der Waals surface area (Å²) in [6.07, 6.45) is 2.39. The highest BCUT2D eigenvalue weighted by Crippen LogP contribution is 2.40. The van der Waals surface area contributed by atoms with Gasteiger partial charge in [0.1, 0.15) is 5.82 Å². The molecule has 1 unspecified atom stereocenters. The summed E-state index contributed by atoms with van der Waals surface area (Å²) >= 11 is 4.84. The number of anilines is 1. The second-order valence-corrected chi connectivity index (χ2v) is 7.84. The predicted octanol–water partition coefficient (Wildman–Crippen LogP) is 4.06. The number of halogens is 1. The van der Waals surface area contributed by atoms with Crippen molar-refractivity contribution in [2.45, 2.75) is 49.6 Å². The second kappa shape index (κ2) is 7.05. The van der Waals surface area contributed by atoms with Crippen LogP contribution in [0.3, 0.4) is 0 Å². The van der Waals surface area contributed by atoms with Gasteiger partial charge in [-0.3, -0.25) is 4.79 Å². The third kappa shape index (κ3) is 3.95. The molecule has 1 heterocycles. The van der Waals surface area contributed by atoms with Gasteiger partial charge in [0.05, 0.1) is 5.25 Å². The number of carbonyl (C=O) groups excluding carboxylic acids is 1. The maximum absolute atomic E-state index is 12.4. The molecule has 2 aromatic rings. The Labute approximate surface area is 148 Å². The highest BCUT2D eigenvalue weighted by atomic mass is 79.9. The fourth-order valence-corrected chi connectivity index (χ4v) is 3.50. The standard InChI is InChI=1S/C16H19BrN4OS/c1-3-21-14(11-4-5-11)19-20-16(21)23-10(2)15(22)18-13-8-6-12(17)7-9-13/h6-11H,3-5H2,1-2H3,(H,18,22). The zero-order valence-electron chi connectivity index (χ0n) is 13.1. The Bertz CT molecular complexity index is 697. The molecule has 7 heteroatoms. The highest BCUT2D eigenvalue weighted by Gasteiger charge is 2.30. The van der Waals surface area contributed by atoms with Crippen LogP contribution in [0.25, 0.3) is 0 Å². The van der Waals surface area contributed by atoms with Crippen molar-refractivity contribution in [1.82, 2.24) is 14.8 Å². The molecule has 3 rings (SSSR count). The molecule has 23 heavy (non-hydrogen) atoms. The Kier molecular flexibility index (Phi) is 5.06. The Balaban J connectivity index is 1.65. The van der Waals surface area contributed by atoms with E-state index in [1.807, 2.05) is 31.2 Å². The minimum absolute atomic E-state index is 0.0315. The zero-order valence-corrected chi connectivity index (χ0v) is 15.5. The van der Waals surface area contributed by atoms with E-state index in [0.717, 1.165) is 27.7 Å². The van der Waals surface area contributed by atoms with Crippen molar-refractivity contribution >= 4 is 39.3 Å². The van der Waals surface area contributed by atoms with Crippen LogP contribution in [0.5, 0.6) is 0 Å². The van der Waals surface area contributed by atoms with E-state index < -0.39 is 0 Å². The van der Waals surface area contributed by atoms with Crippen molar-refractivity contribution < 1.29 is 4.79 Å². The number of rotatable bonds is 6. The molecular formula is C16H19BrN4OS. The van der Waals surface area contributed by atoms with Crippen molar-refractivity contribution in [3.63, 3.8) is 0 Å². The lowest BCUT2D eigenvalue weighted by Gasteiger charge is -2.12. The van der Waals surface area contributed by atoms with E-state index in [4.69, 9.17) is 0 Å². The van der Waals surface area contributed by atoms with E-state index in [9.17, 15) is 4.79 Å². The van der Waals surface area contributed by atoms with Gasteiger partial charge < -0.3 is 9.88 Å². The molecule has 1 fully saturated rings. The Hall–Kier alpha value is -1.34. The van der Waals surface area contributed by atoms with Crippen LogP contribution >= 0.6 is 27.7 Å².